The Morgan fingerprint density at radius 2 is 1.84 bits per heavy atom. The molecule has 6 heteroatoms. The summed E-state index contributed by atoms with van der Waals surface area (Å²) in [7, 11) is 0. The van der Waals surface area contributed by atoms with Crippen LogP contribution in [0.1, 0.15) is 19.4 Å². The van der Waals surface area contributed by atoms with Crippen LogP contribution in [0.4, 0.5) is 14.5 Å². The van der Waals surface area contributed by atoms with Gasteiger partial charge in [0.2, 0.25) is 5.91 Å². The lowest BCUT2D eigenvalue weighted by molar-refractivity contribution is -0.128. The number of likely N-dealkylation sites (N-methyl/N-ethyl adjacent to an activating group) is 1. The number of carbonyl (C=O) groups is 1. The molecule has 1 rings (SSSR count). The predicted octanol–water partition coefficient (Wildman–Crippen LogP) is 2.12. The molecule has 0 aliphatic carbocycles. The van der Waals surface area contributed by atoms with Crippen LogP contribution in [0.3, 0.4) is 0 Å². The molecule has 0 fully saturated rings. The van der Waals surface area contributed by atoms with Crippen molar-refractivity contribution in [2.75, 3.05) is 25.0 Å². The number of nitrogens with zero attached hydrogens (tertiary/aromatic N) is 2. The zero-order chi connectivity index (χ0) is 14.4. The Kier molecular flexibility index (Phi) is 5.24. The largest absolute Gasteiger partial charge is 0.371 e. The average Bonchev–Trinajstić information content (AvgIpc) is 2.38. The number of anilines is 1. The fourth-order valence-corrected chi connectivity index (χ4v) is 1.66. The second kappa shape index (κ2) is 6.69. The van der Waals surface area contributed by atoms with Crippen LogP contribution >= 0.6 is 0 Å². The molecule has 0 aliphatic rings. The summed E-state index contributed by atoms with van der Waals surface area (Å²) in [6, 6.07) is 3.50. The van der Waals surface area contributed by atoms with Gasteiger partial charge in [-0.05, 0) is 26.0 Å². The molecule has 4 nitrogen and oxygen atoms in total. The average molecular weight is 267 g/mol. The Morgan fingerprint density at radius 1 is 1.32 bits per heavy atom. The number of hydrogen-bond donors (Lipinski definition) is 1. The van der Waals surface area contributed by atoms with Crippen LogP contribution in [0.5, 0.6) is 0 Å². The summed E-state index contributed by atoms with van der Waals surface area (Å²) >= 11 is 0. The SMILES string of the molecule is CCN(CC)C(=O)CNc1c(F)cc(C#N)cc1F. The van der Waals surface area contributed by atoms with E-state index in [9.17, 15) is 13.6 Å². The van der Waals surface area contributed by atoms with Crippen molar-refractivity contribution in [1.82, 2.24) is 4.90 Å². The van der Waals surface area contributed by atoms with Crippen molar-refractivity contribution in [2.45, 2.75) is 13.8 Å². The van der Waals surface area contributed by atoms with Gasteiger partial charge in [-0.3, -0.25) is 4.79 Å². The van der Waals surface area contributed by atoms with Crippen molar-refractivity contribution in [3.05, 3.63) is 29.3 Å². The summed E-state index contributed by atoms with van der Waals surface area (Å²) in [6.45, 7) is 4.53. The molecule has 0 bridgehead atoms. The van der Waals surface area contributed by atoms with Crippen molar-refractivity contribution in [2.24, 2.45) is 0 Å². The number of rotatable bonds is 5. The first-order valence-corrected chi connectivity index (χ1v) is 5.94. The molecule has 0 atom stereocenters. The van der Waals surface area contributed by atoms with Gasteiger partial charge in [-0.2, -0.15) is 5.26 Å². The Balaban J connectivity index is 2.79. The van der Waals surface area contributed by atoms with Gasteiger partial charge in [-0.25, -0.2) is 8.78 Å². The van der Waals surface area contributed by atoms with Crippen LogP contribution in [-0.2, 0) is 4.79 Å². The summed E-state index contributed by atoms with van der Waals surface area (Å²) in [5.74, 6) is -2.01. The molecule has 1 amide bonds. The smallest absolute Gasteiger partial charge is 0.241 e. The Bertz CT molecular complexity index is 484. The van der Waals surface area contributed by atoms with Crippen molar-refractivity contribution < 1.29 is 13.6 Å². The fraction of sp³-hybridized carbons (Fsp3) is 0.385. The number of carbonyl (C=O) groups excluding carboxylic acids is 1. The first kappa shape index (κ1) is 14.9. The van der Waals surface area contributed by atoms with E-state index in [1.165, 1.54) is 0 Å². The minimum absolute atomic E-state index is 0.101. The highest BCUT2D eigenvalue weighted by molar-refractivity contribution is 5.80. The van der Waals surface area contributed by atoms with Crippen molar-refractivity contribution in [1.29, 1.82) is 5.26 Å². The van der Waals surface area contributed by atoms with Crippen LogP contribution in [0, 0.1) is 23.0 Å². The minimum Gasteiger partial charge on any atom is -0.371 e. The lowest BCUT2D eigenvalue weighted by Crippen LogP contribution is -2.35. The third-order valence-electron chi connectivity index (χ3n) is 2.70. The first-order chi connectivity index (χ1) is 9.03. The summed E-state index contributed by atoms with van der Waals surface area (Å²) in [6.07, 6.45) is 0. The van der Waals surface area contributed by atoms with Gasteiger partial charge in [0, 0.05) is 13.1 Å². The number of benzene rings is 1. The minimum atomic E-state index is -0.885. The van der Waals surface area contributed by atoms with Crippen LogP contribution in [0.25, 0.3) is 0 Å². The lowest BCUT2D eigenvalue weighted by Gasteiger charge is -2.19. The van der Waals surface area contributed by atoms with Crippen LogP contribution in [-0.4, -0.2) is 30.4 Å². The van der Waals surface area contributed by atoms with Gasteiger partial charge in [-0.1, -0.05) is 0 Å². The third kappa shape index (κ3) is 3.65. The number of amides is 1. The molecular formula is C13H15F2N3O. The van der Waals surface area contributed by atoms with Crippen molar-refractivity contribution in [3.63, 3.8) is 0 Å². The van der Waals surface area contributed by atoms with E-state index >= 15 is 0 Å². The molecule has 102 valence electrons. The van der Waals surface area contributed by atoms with E-state index in [2.05, 4.69) is 5.32 Å². The van der Waals surface area contributed by atoms with Gasteiger partial charge in [0.05, 0.1) is 18.2 Å². The summed E-state index contributed by atoms with van der Waals surface area (Å²) < 4.78 is 27.1. The Hall–Kier alpha value is -2.16. The highest BCUT2D eigenvalue weighted by Crippen LogP contribution is 2.20. The zero-order valence-corrected chi connectivity index (χ0v) is 10.8. The molecule has 0 radical (unpaired) electrons. The standard InChI is InChI=1S/C13H15F2N3O/c1-3-18(4-2)12(19)8-17-13-10(14)5-9(7-16)6-11(13)15/h5-6,17H,3-4,8H2,1-2H3. The number of hydrogen-bond acceptors (Lipinski definition) is 3. The van der Waals surface area contributed by atoms with Crippen LogP contribution in [0.2, 0.25) is 0 Å². The molecule has 0 heterocycles. The number of halogens is 2. The molecule has 0 unspecified atom stereocenters. The van der Waals surface area contributed by atoms with Crippen LogP contribution < -0.4 is 5.32 Å². The van der Waals surface area contributed by atoms with E-state index in [0.29, 0.717) is 13.1 Å². The second-order valence-corrected chi connectivity index (χ2v) is 3.85. The van der Waals surface area contributed by atoms with Gasteiger partial charge < -0.3 is 10.2 Å². The molecule has 0 spiro atoms. The van der Waals surface area contributed by atoms with Gasteiger partial charge in [-0.15, -0.1) is 0 Å². The summed E-state index contributed by atoms with van der Waals surface area (Å²) in [5.41, 5.74) is -0.491. The van der Waals surface area contributed by atoms with E-state index in [0.717, 1.165) is 12.1 Å². The van der Waals surface area contributed by atoms with Crippen molar-refractivity contribution in [3.8, 4) is 6.07 Å². The zero-order valence-electron chi connectivity index (χ0n) is 10.8. The molecule has 1 aromatic rings. The Morgan fingerprint density at radius 3 is 2.26 bits per heavy atom. The lowest BCUT2D eigenvalue weighted by atomic mass is 10.2. The van der Waals surface area contributed by atoms with Gasteiger partial charge >= 0.3 is 0 Å². The van der Waals surface area contributed by atoms with Gasteiger partial charge in [0.25, 0.3) is 0 Å². The van der Waals surface area contributed by atoms with E-state index in [1.807, 2.05) is 13.8 Å². The second-order valence-electron chi connectivity index (χ2n) is 3.85. The maximum Gasteiger partial charge on any atom is 0.241 e. The molecule has 1 aromatic carbocycles. The molecular weight excluding hydrogens is 252 g/mol. The fourth-order valence-electron chi connectivity index (χ4n) is 1.66. The van der Waals surface area contributed by atoms with E-state index < -0.39 is 11.6 Å². The molecule has 19 heavy (non-hydrogen) atoms. The molecule has 1 N–H and O–H groups in total. The van der Waals surface area contributed by atoms with Crippen molar-refractivity contribution >= 4 is 11.6 Å². The summed E-state index contributed by atoms with van der Waals surface area (Å²) in [5, 5.41) is 11.0. The number of nitrogens with one attached hydrogen (secondary N) is 1. The molecule has 0 aliphatic heterocycles. The maximum absolute atomic E-state index is 13.5. The third-order valence-corrected chi connectivity index (χ3v) is 2.70. The maximum atomic E-state index is 13.5. The van der Waals surface area contributed by atoms with E-state index in [4.69, 9.17) is 5.26 Å². The normalized spacial score (nSPS) is 9.84. The number of nitriles is 1. The van der Waals surface area contributed by atoms with Crippen LogP contribution in [0.15, 0.2) is 12.1 Å². The summed E-state index contributed by atoms with van der Waals surface area (Å²) in [4.78, 5) is 13.2. The highest BCUT2D eigenvalue weighted by atomic mass is 19.1. The quantitative estimate of drug-likeness (QED) is 0.889. The van der Waals surface area contributed by atoms with Gasteiger partial charge in [0.15, 0.2) is 11.6 Å². The predicted molar refractivity (Wildman–Crippen MR) is 67.5 cm³/mol. The first-order valence-electron chi connectivity index (χ1n) is 5.94. The van der Waals surface area contributed by atoms with E-state index in [-0.39, 0.29) is 23.7 Å². The monoisotopic (exact) mass is 267 g/mol. The van der Waals surface area contributed by atoms with E-state index in [1.54, 1.807) is 11.0 Å². The Labute approximate surface area is 110 Å². The topological polar surface area (TPSA) is 56.1 Å². The molecule has 0 saturated heterocycles. The highest BCUT2D eigenvalue weighted by Gasteiger charge is 2.14. The molecule has 0 aromatic heterocycles. The molecule has 0 saturated carbocycles. The van der Waals surface area contributed by atoms with Gasteiger partial charge in [0.1, 0.15) is 5.69 Å².